The Hall–Kier alpha value is -2.59. The fourth-order valence-electron chi connectivity index (χ4n) is 4.06. The summed E-state index contributed by atoms with van der Waals surface area (Å²) in [6, 6.07) is 33.7. The number of hydrogen-bond donors (Lipinski definition) is 0. The lowest BCUT2D eigenvalue weighted by atomic mass is 10.0. The third-order valence-corrected chi connectivity index (χ3v) is 8.77. The monoisotopic (exact) mass is 494 g/mol. The van der Waals surface area contributed by atoms with Crippen LogP contribution in [0.4, 0.5) is 0 Å². The van der Waals surface area contributed by atoms with Gasteiger partial charge in [-0.15, -0.1) is 0 Å². The Morgan fingerprint density at radius 3 is 1.18 bits per heavy atom. The fraction of sp³-hybridized carbons (Fsp3) is 0.143. The first-order valence-electron chi connectivity index (χ1n) is 10.7. The molecule has 0 heterocycles. The number of sulfone groups is 1. The maximum Gasteiger partial charge on any atom is 0.164 e. The van der Waals surface area contributed by atoms with Crippen molar-refractivity contribution in [3.8, 4) is 0 Å². The number of benzene rings is 4. The van der Waals surface area contributed by atoms with Gasteiger partial charge in [-0.3, -0.25) is 0 Å². The van der Waals surface area contributed by atoms with Gasteiger partial charge in [0.05, 0.1) is 10.5 Å². The molecule has 4 rings (SSSR count). The van der Waals surface area contributed by atoms with Crippen LogP contribution in [0.1, 0.15) is 32.8 Å². The van der Waals surface area contributed by atoms with Crippen molar-refractivity contribution in [1.82, 2.24) is 0 Å². The summed E-state index contributed by atoms with van der Waals surface area (Å²) in [5.74, 6) is 0. The van der Waals surface area contributed by atoms with Crippen LogP contribution in [0.3, 0.4) is 0 Å². The van der Waals surface area contributed by atoms with Gasteiger partial charge in [0.1, 0.15) is 0 Å². The van der Waals surface area contributed by atoms with Gasteiger partial charge < -0.3 is 0 Å². The van der Waals surface area contributed by atoms with Gasteiger partial charge in [0.25, 0.3) is 0 Å². The Bertz CT molecular complexity index is 1170. The van der Waals surface area contributed by atoms with E-state index in [0.717, 1.165) is 22.3 Å². The van der Waals surface area contributed by atoms with Crippen LogP contribution >= 0.6 is 23.2 Å². The van der Waals surface area contributed by atoms with E-state index in [4.69, 9.17) is 23.2 Å². The minimum absolute atomic E-state index is 0.379. The van der Waals surface area contributed by atoms with E-state index in [1.807, 2.05) is 84.9 Å². The summed E-state index contributed by atoms with van der Waals surface area (Å²) in [7, 11) is -3.68. The summed E-state index contributed by atoms with van der Waals surface area (Å²) in [6.45, 7) is 0. The van der Waals surface area contributed by atoms with Crippen molar-refractivity contribution in [2.45, 2.75) is 23.3 Å². The molecule has 2 nitrogen and oxygen atoms in total. The smallest absolute Gasteiger partial charge is 0.164 e. The first-order chi connectivity index (χ1) is 15.9. The van der Waals surface area contributed by atoms with E-state index < -0.39 is 20.3 Å². The molecule has 0 aliphatic carbocycles. The van der Waals surface area contributed by atoms with Crippen molar-refractivity contribution in [1.29, 1.82) is 0 Å². The van der Waals surface area contributed by atoms with E-state index in [0.29, 0.717) is 22.9 Å². The highest BCUT2D eigenvalue weighted by Crippen LogP contribution is 2.39. The van der Waals surface area contributed by atoms with Crippen molar-refractivity contribution in [2.75, 3.05) is 0 Å². The summed E-state index contributed by atoms with van der Waals surface area (Å²) in [6.07, 6.45) is 0.757. The SMILES string of the molecule is O=S(=O)(C(Cc1ccccc1)c1ccc(Cl)cc1)C(Cc1ccccc1)c1ccc(Cl)cc1. The Morgan fingerprint density at radius 2 is 0.848 bits per heavy atom. The molecule has 33 heavy (non-hydrogen) atoms. The molecule has 5 heteroatoms. The third kappa shape index (κ3) is 5.86. The van der Waals surface area contributed by atoms with Crippen molar-refractivity contribution < 1.29 is 8.42 Å². The van der Waals surface area contributed by atoms with Gasteiger partial charge in [-0.05, 0) is 59.4 Å². The van der Waals surface area contributed by atoms with Crippen LogP contribution in [0.2, 0.25) is 10.0 Å². The van der Waals surface area contributed by atoms with Crippen molar-refractivity contribution >= 4 is 33.0 Å². The summed E-state index contributed by atoms with van der Waals surface area (Å²) in [4.78, 5) is 0. The zero-order valence-corrected chi connectivity index (χ0v) is 20.3. The Kier molecular flexibility index (Phi) is 7.54. The number of halogens is 2. The van der Waals surface area contributed by atoms with Crippen LogP contribution in [-0.2, 0) is 22.7 Å². The van der Waals surface area contributed by atoms with Crippen LogP contribution < -0.4 is 0 Å². The molecule has 168 valence electrons. The molecule has 4 aromatic rings. The van der Waals surface area contributed by atoms with Gasteiger partial charge in [0, 0.05) is 10.0 Å². The molecule has 2 unspecified atom stereocenters. The van der Waals surface area contributed by atoms with Gasteiger partial charge in [-0.1, -0.05) is 108 Å². The maximum atomic E-state index is 14.3. The second kappa shape index (κ2) is 10.6. The highest BCUT2D eigenvalue weighted by Gasteiger charge is 2.36. The molecule has 2 atom stereocenters. The van der Waals surface area contributed by atoms with E-state index in [9.17, 15) is 8.42 Å². The normalized spacial score (nSPS) is 13.4. The van der Waals surface area contributed by atoms with Crippen molar-refractivity contribution in [3.63, 3.8) is 0 Å². The molecular weight excluding hydrogens is 471 g/mol. The quantitative estimate of drug-likeness (QED) is 0.251. The lowest BCUT2D eigenvalue weighted by molar-refractivity contribution is 0.565. The minimum Gasteiger partial charge on any atom is -0.228 e. The molecule has 4 aromatic carbocycles. The lowest BCUT2D eigenvalue weighted by Gasteiger charge is -2.26. The van der Waals surface area contributed by atoms with E-state index in [1.165, 1.54) is 0 Å². The van der Waals surface area contributed by atoms with Crippen molar-refractivity contribution in [3.05, 3.63) is 141 Å². The van der Waals surface area contributed by atoms with Gasteiger partial charge in [-0.2, -0.15) is 0 Å². The molecule has 0 saturated carbocycles. The van der Waals surface area contributed by atoms with E-state index in [1.54, 1.807) is 24.3 Å². The predicted molar refractivity (Wildman–Crippen MR) is 138 cm³/mol. The second-order valence-electron chi connectivity index (χ2n) is 8.05. The van der Waals surface area contributed by atoms with Gasteiger partial charge in [0.2, 0.25) is 0 Å². The summed E-state index contributed by atoms with van der Waals surface area (Å²) < 4.78 is 28.7. The van der Waals surface area contributed by atoms with Crippen LogP contribution in [0.25, 0.3) is 0 Å². The Labute approximate surface area is 205 Å². The molecule has 0 aromatic heterocycles. The van der Waals surface area contributed by atoms with Crippen LogP contribution in [0.5, 0.6) is 0 Å². The average Bonchev–Trinajstić information content (AvgIpc) is 2.83. The maximum absolute atomic E-state index is 14.3. The van der Waals surface area contributed by atoms with Gasteiger partial charge in [-0.25, -0.2) is 8.42 Å². The van der Waals surface area contributed by atoms with E-state index in [-0.39, 0.29) is 0 Å². The zero-order chi connectivity index (χ0) is 23.3. The molecule has 0 radical (unpaired) electrons. The summed E-state index contributed by atoms with van der Waals surface area (Å²) in [5.41, 5.74) is 3.40. The molecule has 0 bridgehead atoms. The minimum atomic E-state index is -3.68. The van der Waals surface area contributed by atoms with Crippen molar-refractivity contribution in [2.24, 2.45) is 0 Å². The third-order valence-electron chi connectivity index (χ3n) is 5.80. The van der Waals surface area contributed by atoms with Crippen LogP contribution in [0, 0.1) is 0 Å². The summed E-state index contributed by atoms with van der Waals surface area (Å²) >= 11 is 12.2. The first kappa shape index (κ1) is 23.6. The number of rotatable bonds is 8. The van der Waals surface area contributed by atoms with E-state index >= 15 is 0 Å². The van der Waals surface area contributed by atoms with E-state index in [2.05, 4.69) is 0 Å². The number of hydrogen-bond acceptors (Lipinski definition) is 2. The fourth-order valence-corrected chi connectivity index (χ4v) is 6.63. The molecule has 0 spiro atoms. The highest BCUT2D eigenvalue weighted by molar-refractivity contribution is 7.91. The Morgan fingerprint density at radius 1 is 0.515 bits per heavy atom. The van der Waals surface area contributed by atoms with Gasteiger partial charge >= 0.3 is 0 Å². The zero-order valence-electron chi connectivity index (χ0n) is 17.9. The molecule has 0 N–H and O–H groups in total. The second-order valence-corrected chi connectivity index (χ2v) is 11.2. The predicted octanol–water partition coefficient (Wildman–Crippen LogP) is 7.68. The van der Waals surface area contributed by atoms with Crippen LogP contribution in [0.15, 0.2) is 109 Å². The average molecular weight is 495 g/mol. The molecule has 0 amide bonds. The van der Waals surface area contributed by atoms with Gasteiger partial charge in [0.15, 0.2) is 9.84 Å². The Balaban J connectivity index is 1.81. The molecule has 0 aliphatic rings. The molecular formula is C28H24Cl2O2S. The lowest BCUT2D eigenvalue weighted by Crippen LogP contribution is -2.24. The highest BCUT2D eigenvalue weighted by atomic mass is 35.5. The molecule has 0 saturated heterocycles. The molecule has 0 aliphatic heterocycles. The largest absolute Gasteiger partial charge is 0.228 e. The first-order valence-corrected chi connectivity index (χ1v) is 13.1. The summed E-state index contributed by atoms with van der Waals surface area (Å²) in [5, 5.41) is -0.288. The molecule has 0 fully saturated rings. The standard InChI is InChI=1S/C28H24Cl2O2S/c29-25-15-11-23(12-16-25)27(19-21-7-3-1-4-8-21)33(31,32)28(20-22-9-5-2-6-10-22)24-13-17-26(30)18-14-24/h1-18,27-28H,19-20H2. The topological polar surface area (TPSA) is 34.1 Å². The van der Waals surface area contributed by atoms with Crippen LogP contribution in [-0.4, -0.2) is 8.42 Å².